The average Bonchev–Trinajstić information content (AvgIpc) is 3.39. The maximum Gasteiger partial charge on any atom is 0.217 e. The van der Waals surface area contributed by atoms with Crippen molar-refractivity contribution in [1.29, 1.82) is 0 Å². The first-order valence-corrected chi connectivity index (χ1v) is 10.4. The summed E-state index contributed by atoms with van der Waals surface area (Å²) in [6.45, 7) is 5.59. The van der Waals surface area contributed by atoms with Crippen molar-refractivity contribution in [2.75, 3.05) is 26.2 Å². The first-order chi connectivity index (χ1) is 12.5. The second-order valence-electron chi connectivity index (χ2n) is 7.56. The Balaban J connectivity index is 0.00000261. The van der Waals surface area contributed by atoms with Crippen molar-refractivity contribution in [2.24, 2.45) is 16.6 Å². The first kappa shape index (κ1) is 22.5. The van der Waals surface area contributed by atoms with Gasteiger partial charge in [0.1, 0.15) is 0 Å². The van der Waals surface area contributed by atoms with Crippen LogP contribution in [-0.4, -0.2) is 42.9 Å². The van der Waals surface area contributed by atoms with Crippen LogP contribution in [0.2, 0.25) is 0 Å². The third-order valence-electron chi connectivity index (χ3n) is 5.47. The number of nitrogens with zero attached hydrogens (tertiary/aromatic N) is 2. The van der Waals surface area contributed by atoms with Gasteiger partial charge in [-0.15, -0.1) is 24.0 Å². The van der Waals surface area contributed by atoms with Gasteiger partial charge in [0, 0.05) is 35.9 Å². The average molecular weight is 549 g/mol. The number of halogens is 2. The molecule has 1 aliphatic carbocycles. The fraction of sp³-hybridized carbons (Fsp3) is 0.600. The van der Waals surface area contributed by atoms with Gasteiger partial charge in [-0.2, -0.15) is 0 Å². The largest absolute Gasteiger partial charge is 0.370 e. The third-order valence-corrected chi connectivity index (χ3v) is 6.17. The number of primary amides is 1. The molecule has 3 N–H and O–H groups in total. The van der Waals surface area contributed by atoms with Gasteiger partial charge in [0.15, 0.2) is 5.96 Å². The van der Waals surface area contributed by atoms with Gasteiger partial charge in [0.25, 0.3) is 0 Å². The summed E-state index contributed by atoms with van der Waals surface area (Å²) in [5.74, 6) is 1.10. The zero-order chi connectivity index (χ0) is 18.6. The molecular weight excluding hydrogens is 519 g/mol. The molecule has 0 spiro atoms. The summed E-state index contributed by atoms with van der Waals surface area (Å²) < 4.78 is 1.18. The predicted molar refractivity (Wildman–Crippen MR) is 125 cm³/mol. The van der Waals surface area contributed by atoms with Crippen LogP contribution < -0.4 is 11.1 Å². The number of hydrogen-bond donors (Lipinski definition) is 2. The summed E-state index contributed by atoms with van der Waals surface area (Å²) >= 11 is 3.70. The molecule has 1 saturated carbocycles. The van der Waals surface area contributed by atoms with Gasteiger partial charge in [-0.3, -0.25) is 9.79 Å². The molecule has 1 saturated heterocycles. The molecule has 1 aromatic rings. The highest BCUT2D eigenvalue weighted by Gasteiger charge is 2.45. The van der Waals surface area contributed by atoms with Gasteiger partial charge < -0.3 is 16.0 Å². The maximum absolute atomic E-state index is 11.3. The molecule has 1 heterocycles. The van der Waals surface area contributed by atoms with Crippen LogP contribution in [0.3, 0.4) is 0 Å². The number of nitrogens with two attached hydrogens (primary N) is 1. The molecule has 1 aliphatic heterocycles. The summed E-state index contributed by atoms with van der Waals surface area (Å²) in [5.41, 5.74) is 6.93. The van der Waals surface area contributed by atoms with Crippen molar-refractivity contribution in [3.05, 3.63) is 34.3 Å². The van der Waals surface area contributed by atoms with E-state index in [2.05, 4.69) is 57.3 Å². The van der Waals surface area contributed by atoms with E-state index in [1.807, 2.05) is 0 Å². The van der Waals surface area contributed by atoms with Gasteiger partial charge in [0.05, 0.1) is 6.54 Å². The van der Waals surface area contributed by atoms with E-state index in [9.17, 15) is 4.79 Å². The van der Waals surface area contributed by atoms with Gasteiger partial charge in [0.2, 0.25) is 5.91 Å². The smallest absolute Gasteiger partial charge is 0.217 e. The van der Waals surface area contributed by atoms with Gasteiger partial charge >= 0.3 is 0 Å². The minimum Gasteiger partial charge on any atom is -0.370 e. The number of piperidine rings is 1. The molecule has 2 aliphatic rings. The molecule has 1 unspecified atom stereocenters. The van der Waals surface area contributed by atoms with Crippen LogP contribution in [0, 0.1) is 5.92 Å². The zero-order valence-corrected chi connectivity index (χ0v) is 19.8. The quantitative estimate of drug-likeness (QED) is 0.324. The Bertz CT molecular complexity index is 678. The maximum atomic E-state index is 11.3. The van der Waals surface area contributed by atoms with E-state index in [-0.39, 0.29) is 35.3 Å². The summed E-state index contributed by atoms with van der Waals surface area (Å²) in [6.07, 6.45) is 4.99. The molecule has 3 rings (SSSR count). The van der Waals surface area contributed by atoms with E-state index in [0.717, 1.165) is 45.0 Å². The molecule has 0 bridgehead atoms. The highest BCUT2D eigenvalue weighted by molar-refractivity contribution is 14.0. The fourth-order valence-electron chi connectivity index (χ4n) is 3.92. The lowest BCUT2D eigenvalue weighted by Crippen LogP contribution is -2.47. The van der Waals surface area contributed by atoms with E-state index < -0.39 is 0 Å². The fourth-order valence-corrected chi connectivity index (χ4v) is 4.62. The number of likely N-dealkylation sites (tertiary alicyclic amines) is 1. The van der Waals surface area contributed by atoms with Crippen molar-refractivity contribution in [1.82, 2.24) is 10.2 Å². The Kier molecular flexibility index (Phi) is 8.39. The number of amides is 1. The monoisotopic (exact) mass is 548 g/mol. The topological polar surface area (TPSA) is 70.7 Å². The van der Waals surface area contributed by atoms with Crippen molar-refractivity contribution in [3.8, 4) is 0 Å². The van der Waals surface area contributed by atoms with Gasteiger partial charge in [-0.05, 0) is 50.2 Å². The summed E-state index contributed by atoms with van der Waals surface area (Å²) in [7, 11) is 0. The van der Waals surface area contributed by atoms with Crippen LogP contribution >= 0.6 is 39.9 Å². The van der Waals surface area contributed by atoms with Crippen LogP contribution in [0.4, 0.5) is 0 Å². The Morgan fingerprint density at radius 2 is 2.15 bits per heavy atom. The second kappa shape index (κ2) is 10.1. The molecule has 2 fully saturated rings. The minimum absolute atomic E-state index is 0. The normalized spacial score (nSPS) is 21.3. The molecule has 27 heavy (non-hydrogen) atoms. The second-order valence-corrected chi connectivity index (χ2v) is 8.41. The van der Waals surface area contributed by atoms with Crippen LogP contribution in [-0.2, 0) is 10.2 Å². The number of hydrogen-bond acceptors (Lipinski definition) is 2. The van der Waals surface area contributed by atoms with Crippen molar-refractivity contribution in [2.45, 2.75) is 44.4 Å². The highest BCUT2D eigenvalue weighted by Crippen LogP contribution is 2.50. The summed E-state index contributed by atoms with van der Waals surface area (Å²) in [6, 6.07) is 8.49. The van der Waals surface area contributed by atoms with Gasteiger partial charge in [-0.25, -0.2) is 0 Å². The molecule has 5 nitrogen and oxygen atoms in total. The minimum atomic E-state index is -0.204. The van der Waals surface area contributed by atoms with E-state index in [1.165, 1.54) is 22.9 Å². The number of nitrogens with one attached hydrogen (secondary N) is 1. The molecule has 1 atom stereocenters. The van der Waals surface area contributed by atoms with Crippen LogP contribution in [0.1, 0.15) is 44.6 Å². The van der Waals surface area contributed by atoms with Crippen LogP contribution in [0.25, 0.3) is 0 Å². The number of benzene rings is 1. The van der Waals surface area contributed by atoms with E-state index in [4.69, 9.17) is 10.7 Å². The highest BCUT2D eigenvalue weighted by atomic mass is 127. The van der Waals surface area contributed by atoms with Crippen molar-refractivity contribution in [3.63, 3.8) is 0 Å². The van der Waals surface area contributed by atoms with Crippen LogP contribution in [0.5, 0.6) is 0 Å². The first-order valence-electron chi connectivity index (χ1n) is 9.60. The summed E-state index contributed by atoms with van der Waals surface area (Å²) in [5, 5.41) is 3.44. The van der Waals surface area contributed by atoms with Gasteiger partial charge in [-0.1, -0.05) is 34.1 Å². The number of rotatable bonds is 6. The SMILES string of the molecule is CCNC(=NCC1(c2ccccc2Br)CC1)N1CCCC(CC(N)=O)C1.I. The summed E-state index contributed by atoms with van der Waals surface area (Å²) in [4.78, 5) is 18.6. The standard InChI is InChI=1S/C20H29BrN4O.HI/c1-2-23-19(25-11-5-6-15(13-25)12-18(22)26)24-14-20(9-10-20)16-7-3-4-8-17(16)21;/h3-4,7-8,15H,2,5-6,9-14H2,1H3,(H2,22,26)(H,23,24);1H. The zero-order valence-electron chi connectivity index (χ0n) is 15.9. The Hall–Kier alpha value is -0.830. The molecule has 1 amide bonds. The van der Waals surface area contributed by atoms with Crippen LogP contribution in [0.15, 0.2) is 33.7 Å². The Morgan fingerprint density at radius 1 is 1.41 bits per heavy atom. The van der Waals surface area contributed by atoms with E-state index in [0.29, 0.717) is 12.3 Å². The van der Waals surface area contributed by atoms with Crippen molar-refractivity contribution >= 4 is 51.8 Å². The third kappa shape index (κ3) is 5.82. The lowest BCUT2D eigenvalue weighted by Gasteiger charge is -2.35. The lowest BCUT2D eigenvalue weighted by atomic mass is 9.94. The Labute approximate surface area is 187 Å². The number of aliphatic imine (C=N–C) groups is 1. The van der Waals surface area contributed by atoms with E-state index >= 15 is 0 Å². The predicted octanol–water partition coefficient (Wildman–Crippen LogP) is 3.65. The molecule has 0 radical (unpaired) electrons. The van der Waals surface area contributed by atoms with Crippen molar-refractivity contribution < 1.29 is 4.79 Å². The Morgan fingerprint density at radius 3 is 2.78 bits per heavy atom. The lowest BCUT2D eigenvalue weighted by molar-refractivity contribution is -0.119. The molecular formula is C20H30BrIN4O. The van der Waals surface area contributed by atoms with E-state index in [1.54, 1.807) is 0 Å². The number of guanidine groups is 1. The number of carbonyl (C=O) groups excluding carboxylic acids is 1. The molecule has 1 aromatic carbocycles. The molecule has 150 valence electrons. The molecule has 7 heteroatoms. The molecule has 0 aromatic heterocycles. The number of carbonyl (C=O) groups is 1.